The smallest absolute Gasteiger partial charge is 0.303 e. The van der Waals surface area contributed by atoms with E-state index in [4.69, 9.17) is 49.1 Å². The van der Waals surface area contributed by atoms with Crippen molar-refractivity contribution in [3.8, 4) is 12.3 Å². The van der Waals surface area contributed by atoms with Gasteiger partial charge in [0.2, 0.25) is 0 Å². The van der Waals surface area contributed by atoms with E-state index in [9.17, 15) is 19.2 Å². The van der Waals surface area contributed by atoms with Crippen molar-refractivity contribution in [3.05, 3.63) is 0 Å². The lowest BCUT2D eigenvalue weighted by Gasteiger charge is -2.48. The van der Waals surface area contributed by atoms with Gasteiger partial charge in [0.25, 0.3) is 0 Å². The fourth-order valence-corrected chi connectivity index (χ4v) is 4.76. The van der Waals surface area contributed by atoms with E-state index >= 15 is 0 Å². The van der Waals surface area contributed by atoms with E-state index in [-0.39, 0.29) is 44.9 Å². The first kappa shape index (κ1) is 34.4. The maximum Gasteiger partial charge on any atom is 0.303 e. The summed E-state index contributed by atoms with van der Waals surface area (Å²) in [7, 11) is 0. The van der Waals surface area contributed by atoms with Gasteiger partial charge >= 0.3 is 23.9 Å². The molecule has 13 nitrogen and oxygen atoms in total. The van der Waals surface area contributed by atoms with Crippen LogP contribution in [-0.2, 0) is 61.8 Å². The number of rotatable bonds is 13. The predicted octanol–water partition coefficient (Wildman–Crippen LogP) is 1.39. The summed E-state index contributed by atoms with van der Waals surface area (Å²) in [5.41, 5.74) is 0. The summed E-state index contributed by atoms with van der Waals surface area (Å²) in [5.74, 6) is -0.768. The number of terminal acetylenes is 1. The van der Waals surface area contributed by atoms with Crippen LogP contribution in [0.1, 0.15) is 48.5 Å². The molecule has 0 bridgehead atoms. The molecule has 2 fully saturated rings. The van der Waals surface area contributed by atoms with Crippen molar-refractivity contribution < 1.29 is 61.8 Å². The van der Waals surface area contributed by atoms with Gasteiger partial charge in [-0.15, -0.1) is 6.42 Å². The Hall–Kier alpha value is -2.76. The first-order valence-electron chi connectivity index (χ1n) is 13.6. The van der Waals surface area contributed by atoms with Crippen molar-refractivity contribution in [3.63, 3.8) is 0 Å². The van der Waals surface area contributed by atoms with Crippen LogP contribution in [0.2, 0.25) is 0 Å². The first-order chi connectivity index (χ1) is 19.3. The highest BCUT2D eigenvalue weighted by Gasteiger charge is 2.51. The highest BCUT2D eigenvalue weighted by molar-refractivity contribution is 5.67. The second kappa shape index (κ2) is 16.6. The molecule has 2 rings (SSSR count). The molecule has 2 aliphatic rings. The molecule has 2 heterocycles. The zero-order chi connectivity index (χ0) is 30.7. The van der Waals surface area contributed by atoms with Crippen LogP contribution < -0.4 is 0 Å². The standard InChI is InChI=1S/C28H42O13/c1-9-10-33-11-12-34-27-26(38-21(8)32)17(4)24(23(40-27)14-36-19(6)30)41-28-25(37-20(7)31)16(3)15(2)22(39-28)13-35-18(5)29/h1,15-17,22-28H,10-14H2,2-8H3. The Morgan fingerprint density at radius 1 is 0.683 bits per heavy atom. The minimum Gasteiger partial charge on any atom is -0.463 e. The van der Waals surface area contributed by atoms with Crippen molar-refractivity contribution >= 4 is 23.9 Å². The molecule has 232 valence electrons. The number of carbonyl (C=O) groups excluding carboxylic acids is 4. The second-order valence-corrected chi connectivity index (χ2v) is 10.1. The predicted molar refractivity (Wildman–Crippen MR) is 140 cm³/mol. The Morgan fingerprint density at radius 3 is 1.76 bits per heavy atom. The molecule has 0 aromatic heterocycles. The van der Waals surface area contributed by atoms with Gasteiger partial charge in [-0.2, -0.15) is 0 Å². The molecule has 2 saturated heterocycles. The summed E-state index contributed by atoms with van der Waals surface area (Å²) >= 11 is 0. The average molecular weight is 587 g/mol. The normalized spacial score (nSPS) is 33.2. The summed E-state index contributed by atoms with van der Waals surface area (Å²) in [6.45, 7) is 10.7. The SMILES string of the molecule is C#CCOCCOC1OC(COC(C)=O)C(OC2OC(COC(C)=O)C(C)C(C)C2OC(C)=O)C(C)C1OC(C)=O. The molecule has 0 radical (unpaired) electrons. The zero-order valence-electron chi connectivity index (χ0n) is 24.7. The van der Waals surface area contributed by atoms with E-state index in [0.29, 0.717) is 0 Å². The van der Waals surface area contributed by atoms with Crippen LogP contribution in [0.15, 0.2) is 0 Å². The van der Waals surface area contributed by atoms with E-state index in [0.717, 1.165) is 0 Å². The van der Waals surface area contributed by atoms with Crippen LogP contribution in [0.5, 0.6) is 0 Å². The van der Waals surface area contributed by atoms with Gasteiger partial charge in [0, 0.05) is 39.5 Å². The van der Waals surface area contributed by atoms with Gasteiger partial charge < -0.3 is 42.6 Å². The van der Waals surface area contributed by atoms with Gasteiger partial charge in [0.05, 0.1) is 25.4 Å². The van der Waals surface area contributed by atoms with Crippen LogP contribution in [-0.4, -0.2) is 100 Å². The van der Waals surface area contributed by atoms with E-state index in [1.807, 2.05) is 13.8 Å². The molecule has 0 aromatic carbocycles. The number of hydrogen-bond donors (Lipinski definition) is 0. The highest BCUT2D eigenvalue weighted by atomic mass is 16.8. The summed E-state index contributed by atoms with van der Waals surface area (Å²) in [6.07, 6.45) is -1.06. The Morgan fingerprint density at radius 2 is 1.22 bits per heavy atom. The fourth-order valence-electron chi connectivity index (χ4n) is 4.76. The third kappa shape index (κ3) is 10.5. The Kier molecular flexibility index (Phi) is 14.0. The zero-order valence-corrected chi connectivity index (χ0v) is 24.7. The highest BCUT2D eigenvalue weighted by Crippen LogP contribution is 2.38. The van der Waals surface area contributed by atoms with Crippen molar-refractivity contribution in [2.45, 2.75) is 91.6 Å². The molecule has 0 aliphatic carbocycles. The van der Waals surface area contributed by atoms with E-state index in [2.05, 4.69) is 5.92 Å². The van der Waals surface area contributed by atoms with Gasteiger partial charge in [-0.1, -0.05) is 26.7 Å². The van der Waals surface area contributed by atoms with Crippen molar-refractivity contribution in [1.82, 2.24) is 0 Å². The summed E-state index contributed by atoms with van der Waals surface area (Å²) in [6, 6.07) is 0. The maximum atomic E-state index is 12.0. The minimum atomic E-state index is -1.12. The topological polar surface area (TPSA) is 151 Å². The Bertz CT molecular complexity index is 926. The molecule has 13 heteroatoms. The molecule has 0 N–H and O–H groups in total. The van der Waals surface area contributed by atoms with Gasteiger partial charge in [0.15, 0.2) is 24.8 Å². The first-order valence-corrected chi connectivity index (χ1v) is 13.6. The summed E-state index contributed by atoms with van der Waals surface area (Å²) in [5, 5.41) is 0. The lowest BCUT2D eigenvalue weighted by molar-refractivity contribution is -0.345. The molecule has 10 unspecified atom stereocenters. The second-order valence-electron chi connectivity index (χ2n) is 10.1. The maximum absolute atomic E-state index is 12.0. The van der Waals surface area contributed by atoms with Gasteiger partial charge in [0.1, 0.15) is 25.9 Å². The molecule has 2 aliphatic heterocycles. The quantitative estimate of drug-likeness (QED) is 0.132. The van der Waals surface area contributed by atoms with Crippen molar-refractivity contribution in [2.75, 3.05) is 33.0 Å². The minimum absolute atomic E-state index is 0.0329. The molecule has 41 heavy (non-hydrogen) atoms. The fraction of sp³-hybridized carbons (Fsp3) is 0.786. The van der Waals surface area contributed by atoms with Crippen LogP contribution >= 0.6 is 0 Å². The van der Waals surface area contributed by atoms with E-state index in [1.54, 1.807) is 6.92 Å². The van der Waals surface area contributed by atoms with E-state index < -0.39 is 72.9 Å². The van der Waals surface area contributed by atoms with Crippen LogP contribution in [0.3, 0.4) is 0 Å². The molecular weight excluding hydrogens is 544 g/mol. The summed E-state index contributed by atoms with van der Waals surface area (Å²) in [4.78, 5) is 47.2. The van der Waals surface area contributed by atoms with Crippen LogP contribution in [0.25, 0.3) is 0 Å². The monoisotopic (exact) mass is 586 g/mol. The lowest BCUT2D eigenvalue weighted by atomic mass is 9.83. The van der Waals surface area contributed by atoms with Crippen LogP contribution in [0.4, 0.5) is 0 Å². The summed E-state index contributed by atoms with van der Waals surface area (Å²) < 4.78 is 51.4. The Balaban J connectivity index is 2.35. The van der Waals surface area contributed by atoms with Gasteiger partial charge in [-0.25, -0.2) is 0 Å². The number of carbonyl (C=O) groups is 4. The molecule has 10 atom stereocenters. The average Bonchev–Trinajstić information content (AvgIpc) is 2.89. The van der Waals surface area contributed by atoms with Crippen molar-refractivity contribution in [1.29, 1.82) is 0 Å². The van der Waals surface area contributed by atoms with Gasteiger partial charge in [-0.05, 0) is 5.92 Å². The number of ether oxygens (including phenoxy) is 9. The molecule has 0 saturated carbocycles. The molecular formula is C28H42O13. The molecule has 0 spiro atoms. The van der Waals surface area contributed by atoms with E-state index in [1.165, 1.54) is 27.7 Å². The van der Waals surface area contributed by atoms with Crippen LogP contribution in [0, 0.1) is 30.1 Å². The largest absolute Gasteiger partial charge is 0.463 e. The lowest BCUT2D eigenvalue weighted by Crippen LogP contribution is -2.61. The number of esters is 4. The van der Waals surface area contributed by atoms with Crippen molar-refractivity contribution in [2.24, 2.45) is 17.8 Å². The third-order valence-corrected chi connectivity index (χ3v) is 6.98. The Labute approximate surface area is 240 Å². The number of hydrogen-bond acceptors (Lipinski definition) is 13. The molecule has 0 amide bonds. The van der Waals surface area contributed by atoms with Gasteiger partial charge in [-0.3, -0.25) is 19.2 Å². The third-order valence-electron chi connectivity index (χ3n) is 6.98. The molecule has 0 aromatic rings.